The Labute approximate surface area is 377 Å². The fourth-order valence-corrected chi connectivity index (χ4v) is 6.60. The molecule has 64 heavy (non-hydrogen) atoms. The Morgan fingerprint density at radius 3 is 1.28 bits per heavy atom. The third-order valence-corrected chi connectivity index (χ3v) is 10.3. The SMILES string of the molecule is Cc1c(Cl)cc(NCc2ccccc2C(F)(F)F)c(O)c1Cl.Oc1c(Cl)cc(Cl)cc1NCc1ccccc1C(F)(F)F.Oc1c(NCc2ccccc2C(F)(F)F)ccc(F)c1F. The van der Waals surface area contributed by atoms with E-state index in [0.717, 1.165) is 30.3 Å². The van der Waals surface area contributed by atoms with E-state index in [-0.39, 0.29) is 80.0 Å². The number of alkyl halides is 9. The van der Waals surface area contributed by atoms with Crippen LogP contribution in [0.15, 0.2) is 103 Å². The van der Waals surface area contributed by atoms with Crippen molar-refractivity contribution >= 4 is 63.5 Å². The molecule has 6 rings (SSSR count). The van der Waals surface area contributed by atoms with Gasteiger partial charge in [-0.1, -0.05) is 101 Å². The number of benzene rings is 6. The predicted octanol–water partition coefficient (Wildman–Crippen LogP) is 15.3. The first-order valence-electron chi connectivity index (χ1n) is 18.0. The number of phenols is 3. The van der Waals surface area contributed by atoms with Crippen LogP contribution < -0.4 is 16.0 Å². The second kappa shape index (κ2) is 21.5. The Kier molecular flexibility index (Phi) is 17.1. The number of hydrogen-bond donors (Lipinski definition) is 6. The number of nitrogens with one attached hydrogen (secondary N) is 3. The van der Waals surface area contributed by atoms with Crippen molar-refractivity contribution in [2.75, 3.05) is 16.0 Å². The van der Waals surface area contributed by atoms with E-state index in [1.807, 2.05) is 0 Å². The molecule has 0 saturated carbocycles. The van der Waals surface area contributed by atoms with Crippen LogP contribution >= 0.6 is 46.4 Å². The summed E-state index contributed by atoms with van der Waals surface area (Å²) in [7, 11) is 0. The normalized spacial score (nSPS) is 11.5. The van der Waals surface area contributed by atoms with Gasteiger partial charge < -0.3 is 31.3 Å². The summed E-state index contributed by atoms with van der Waals surface area (Å²) in [4.78, 5) is 0. The van der Waals surface area contributed by atoms with Gasteiger partial charge in [0.15, 0.2) is 23.1 Å². The first-order valence-corrected chi connectivity index (χ1v) is 19.5. The molecule has 0 fully saturated rings. The van der Waals surface area contributed by atoms with Gasteiger partial charge in [0.2, 0.25) is 5.82 Å². The van der Waals surface area contributed by atoms with E-state index in [0.29, 0.717) is 10.6 Å². The largest absolute Gasteiger partial charge is 0.504 e. The van der Waals surface area contributed by atoms with Crippen LogP contribution in [0.3, 0.4) is 0 Å². The van der Waals surface area contributed by atoms with E-state index in [1.165, 1.54) is 72.8 Å². The lowest BCUT2D eigenvalue weighted by molar-refractivity contribution is -0.139. The summed E-state index contributed by atoms with van der Waals surface area (Å²) < 4.78 is 142. The van der Waals surface area contributed by atoms with Crippen LogP contribution in [0.2, 0.25) is 20.1 Å². The molecule has 6 aromatic rings. The zero-order valence-electron chi connectivity index (χ0n) is 32.4. The minimum absolute atomic E-state index is 0.0223. The van der Waals surface area contributed by atoms with Gasteiger partial charge in [-0.3, -0.25) is 0 Å². The third-order valence-electron chi connectivity index (χ3n) is 8.89. The average molecular weight is 990 g/mol. The van der Waals surface area contributed by atoms with Crippen molar-refractivity contribution in [2.24, 2.45) is 0 Å². The molecule has 6 aromatic carbocycles. The van der Waals surface area contributed by atoms with Gasteiger partial charge >= 0.3 is 18.5 Å². The number of aromatic hydroxyl groups is 3. The summed E-state index contributed by atoms with van der Waals surface area (Å²) >= 11 is 23.4. The highest BCUT2D eigenvalue weighted by molar-refractivity contribution is 6.37. The van der Waals surface area contributed by atoms with Gasteiger partial charge in [0.25, 0.3) is 0 Å². The summed E-state index contributed by atoms with van der Waals surface area (Å²) in [6.45, 7) is 1.08. The fraction of sp³-hybridized carbons (Fsp3) is 0.163. The number of phenolic OH excluding ortho intramolecular Hbond substituents is 3. The first kappa shape index (κ1) is 51.1. The van der Waals surface area contributed by atoms with Crippen molar-refractivity contribution in [3.8, 4) is 17.2 Å². The molecule has 0 heterocycles. The minimum Gasteiger partial charge on any atom is -0.504 e. The topological polar surface area (TPSA) is 96.8 Å². The van der Waals surface area contributed by atoms with Crippen LogP contribution in [0.5, 0.6) is 17.2 Å². The maximum absolute atomic E-state index is 13.1. The molecule has 6 nitrogen and oxygen atoms in total. The van der Waals surface area contributed by atoms with Crippen molar-refractivity contribution in [1.29, 1.82) is 0 Å². The monoisotopic (exact) mass is 987 g/mol. The molecule has 0 amide bonds. The molecule has 6 N–H and O–H groups in total. The van der Waals surface area contributed by atoms with E-state index in [4.69, 9.17) is 46.4 Å². The summed E-state index contributed by atoms with van der Waals surface area (Å²) in [6, 6.07) is 21.2. The van der Waals surface area contributed by atoms with Gasteiger partial charge in [-0.2, -0.15) is 43.9 Å². The lowest BCUT2D eigenvalue weighted by Gasteiger charge is -2.15. The lowest BCUT2D eigenvalue weighted by atomic mass is 10.1. The fourth-order valence-electron chi connectivity index (χ4n) is 5.65. The zero-order valence-corrected chi connectivity index (χ0v) is 35.5. The first-order chi connectivity index (χ1) is 29.8. The van der Waals surface area contributed by atoms with Crippen LogP contribution in [0.4, 0.5) is 65.4 Å². The average Bonchev–Trinajstić information content (AvgIpc) is 3.23. The second-order valence-electron chi connectivity index (χ2n) is 13.3. The van der Waals surface area contributed by atoms with E-state index in [1.54, 1.807) is 6.92 Å². The summed E-state index contributed by atoms with van der Waals surface area (Å²) in [6.07, 6.45) is -13.4. The third kappa shape index (κ3) is 13.5. The van der Waals surface area contributed by atoms with Crippen molar-refractivity contribution in [2.45, 2.75) is 45.1 Å². The van der Waals surface area contributed by atoms with Crippen molar-refractivity contribution in [1.82, 2.24) is 0 Å². The Morgan fingerprint density at radius 2 is 0.859 bits per heavy atom. The molecule has 342 valence electrons. The molecular weight excluding hydrogens is 957 g/mol. The molecule has 0 spiro atoms. The van der Waals surface area contributed by atoms with E-state index in [2.05, 4.69) is 16.0 Å². The number of anilines is 3. The maximum atomic E-state index is 13.1. The molecule has 0 radical (unpaired) electrons. The molecule has 0 aliphatic rings. The van der Waals surface area contributed by atoms with E-state index < -0.39 is 52.6 Å². The number of rotatable bonds is 9. The molecule has 0 aliphatic carbocycles. The zero-order chi connectivity index (χ0) is 47.7. The smallest absolute Gasteiger partial charge is 0.416 e. The van der Waals surface area contributed by atoms with Crippen LogP contribution in [-0.4, -0.2) is 15.3 Å². The molecular formula is C43H32Cl4F11N3O3. The quantitative estimate of drug-likeness (QED) is 0.0638. The standard InChI is InChI=1S/C15H12Cl2F3NO.C14H10Cl2F3NO.C14H10F5NO/c1-8-11(16)6-12(14(22)13(8)17)21-7-9-4-2-3-5-10(9)15(18,19)20;15-9-5-11(16)13(21)12(6-9)20-7-8-3-1-2-4-10(8)14(17,18)19;15-10-5-6-11(13(21)12(10)16)20-7-8-3-1-2-4-9(8)14(17,18)19/h2-6,21-22H,7H2,1H3;2*1-6,20-21H,7H2. The van der Waals surface area contributed by atoms with Gasteiger partial charge in [0, 0.05) is 29.7 Å². The molecule has 0 aromatic heterocycles. The molecule has 0 unspecified atom stereocenters. The summed E-state index contributed by atoms with van der Waals surface area (Å²) in [5, 5.41) is 37.6. The van der Waals surface area contributed by atoms with Gasteiger partial charge in [0.05, 0.1) is 43.8 Å². The molecule has 0 atom stereocenters. The van der Waals surface area contributed by atoms with Gasteiger partial charge in [-0.15, -0.1) is 0 Å². The molecule has 0 aliphatic heterocycles. The molecule has 0 bridgehead atoms. The van der Waals surface area contributed by atoms with Crippen LogP contribution in [0.1, 0.15) is 38.9 Å². The summed E-state index contributed by atoms with van der Waals surface area (Å²) in [5.74, 6) is -4.17. The van der Waals surface area contributed by atoms with E-state index >= 15 is 0 Å². The highest BCUT2D eigenvalue weighted by Gasteiger charge is 2.34. The Hall–Kier alpha value is -5.49. The Morgan fingerprint density at radius 1 is 0.469 bits per heavy atom. The number of hydrogen-bond acceptors (Lipinski definition) is 6. The highest BCUT2D eigenvalue weighted by atomic mass is 35.5. The lowest BCUT2D eigenvalue weighted by Crippen LogP contribution is -2.11. The Bertz CT molecular complexity index is 2570. The van der Waals surface area contributed by atoms with Gasteiger partial charge in [-0.25, -0.2) is 4.39 Å². The van der Waals surface area contributed by atoms with Crippen LogP contribution in [-0.2, 0) is 38.2 Å². The minimum atomic E-state index is -4.52. The van der Waals surface area contributed by atoms with E-state index in [9.17, 15) is 63.6 Å². The summed E-state index contributed by atoms with van der Waals surface area (Å²) in [5.41, 5.74) is -1.59. The van der Waals surface area contributed by atoms with Crippen LogP contribution in [0, 0.1) is 18.6 Å². The molecule has 0 saturated heterocycles. The Balaban J connectivity index is 0.000000210. The van der Waals surface area contributed by atoms with Crippen molar-refractivity contribution < 1.29 is 63.6 Å². The predicted molar refractivity (Wildman–Crippen MR) is 225 cm³/mol. The van der Waals surface area contributed by atoms with Gasteiger partial charge in [-0.05, 0) is 77.7 Å². The van der Waals surface area contributed by atoms with Crippen LogP contribution in [0.25, 0.3) is 0 Å². The highest BCUT2D eigenvalue weighted by Crippen LogP contribution is 2.41. The molecule has 21 heteroatoms. The number of halogens is 15. The maximum Gasteiger partial charge on any atom is 0.416 e. The van der Waals surface area contributed by atoms with Crippen molar-refractivity contribution in [3.05, 3.63) is 174 Å². The van der Waals surface area contributed by atoms with Gasteiger partial charge in [0.1, 0.15) is 0 Å². The second-order valence-corrected chi connectivity index (χ2v) is 14.9. The van der Waals surface area contributed by atoms with Crippen molar-refractivity contribution in [3.63, 3.8) is 0 Å².